The molecule has 2 aromatic heterocycles. The Hall–Kier alpha value is -2.77. The van der Waals surface area contributed by atoms with E-state index in [2.05, 4.69) is 52.2 Å². The summed E-state index contributed by atoms with van der Waals surface area (Å²) < 4.78 is 26.7. The van der Waals surface area contributed by atoms with Crippen LogP contribution >= 0.6 is 7.14 Å². The molecule has 4 heterocycles. The molecule has 2 saturated heterocycles. The molecule has 0 amide bonds. The summed E-state index contributed by atoms with van der Waals surface area (Å²) in [4.78, 5) is 17.8. The summed E-state index contributed by atoms with van der Waals surface area (Å²) >= 11 is 0. The zero-order valence-corrected chi connectivity index (χ0v) is 23.7. The zero-order chi connectivity index (χ0) is 27.2. The molecule has 204 valence electrons. The maximum absolute atomic E-state index is 14.4. The summed E-state index contributed by atoms with van der Waals surface area (Å²) in [6.45, 7) is 12.0. The molecular formula is C28H38FN6O2P. The first-order chi connectivity index (χ1) is 17.9. The number of benzene rings is 1. The van der Waals surface area contributed by atoms with Crippen LogP contribution in [0.4, 0.5) is 27.7 Å². The number of alkyl halides is 1. The van der Waals surface area contributed by atoms with E-state index in [1.807, 2.05) is 19.5 Å². The SMILES string of the molecule is CC(C)c1ccc(N2CC(CP(C)(C)=O)C2)c2cnc(Nc3ccnc(N4CC[C@@](C)(O)[C@@H](F)C4)n3)cc12. The highest BCUT2D eigenvalue weighted by Crippen LogP contribution is 2.43. The van der Waals surface area contributed by atoms with Gasteiger partial charge in [0, 0.05) is 55.2 Å². The van der Waals surface area contributed by atoms with Crippen LogP contribution in [0.5, 0.6) is 0 Å². The van der Waals surface area contributed by atoms with Gasteiger partial charge in [-0.1, -0.05) is 19.9 Å². The Morgan fingerprint density at radius 3 is 2.58 bits per heavy atom. The van der Waals surface area contributed by atoms with Crippen molar-refractivity contribution in [1.82, 2.24) is 15.0 Å². The number of halogens is 1. The minimum Gasteiger partial charge on any atom is -0.387 e. The fourth-order valence-electron chi connectivity index (χ4n) is 5.48. The third kappa shape index (κ3) is 5.64. The highest BCUT2D eigenvalue weighted by Gasteiger charge is 2.38. The summed E-state index contributed by atoms with van der Waals surface area (Å²) in [5.41, 5.74) is 1.09. The predicted octanol–water partition coefficient (Wildman–Crippen LogP) is 5.25. The normalized spacial score (nSPS) is 22.7. The van der Waals surface area contributed by atoms with Crippen LogP contribution < -0.4 is 15.1 Å². The van der Waals surface area contributed by atoms with Crippen molar-refractivity contribution in [2.75, 3.05) is 60.8 Å². The van der Waals surface area contributed by atoms with Crippen molar-refractivity contribution in [2.45, 2.75) is 44.9 Å². The monoisotopic (exact) mass is 540 g/mol. The molecule has 10 heteroatoms. The van der Waals surface area contributed by atoms with Crippen LogP contribution in [-0.2, 0) is 4.57 Å². The number of hydrogen-bond acceptors (Lipinski definition) is 8. The first kappa shape index (κ1) is 26.8. The molecule has 2 aliphatic heterocycles. The number of aromatic nitrogens is 3. The number of fused-ring (bicyclic) bond motifs is 1. The lowest BCUT2D eigenvalue weighted by molar-refractivity contribution is -0.0332. The van der Waals surface area contributed by atoms with E-state index in [4.69, 9.17) is 4.98 Å². The molecule has 0 aliphatic carbocycles. The van der Waals surface area contributed by atoms with E-state index in [0.717, 1.165) is 35.7 Å². The van der Waals surface area contributed by atoms with E-state index in [0.29, 0.717) is 42.4 Å². The van der Waals surface area contributed by atoms with Crippen molar-refractivity contribution in [3.8, 4) is 0 Å². The molecule has 2 N–H and O–H groups in total. The second kappa shape index (κ2) is 10.1. The maximum atomic E-state index is 14.4. The lowest BCUT2D eigenvalue weighted by Crippen LogP contribution is -2.52. The van der Waals surface area contributed by atoms with E-state index >= 15 is 0 Å². The second-order valence-electron chi connectivity index (χ2n) is 11.9. The smallest absolute Gasteiger partial charge is 0.227 e. The molecule has 2 fully saturated rings. The molecule has 0 unspecified atom stereocenters. The Labute approximate surface area is 224 Å². The number of anilines is 4. The van der Waals surface area contributed by atoms with Crippen molar-refractivity contribution in [3.05, 3.63) is 42.2 Å². The Kier molecular flexibility index (Phi) is 7.12. The Morgan fingerprint density at radius 1 is 1.13 bits per heavy atom. The first-order valence-electron chi connectivity index (χ1n) is 13.3. The van der Waals surface area contributed by atoms with E-state index in [1.165, 1.54) is 12.5 Å². The molecule has 3 aromatic rings. The number of pyridine rings is 1. The van der Waals surface area contributed by atoms with Crippen LogP contribution in [0, 0.1) is 5.92 Å². The van der Waals surface area contributed by atoms with Crippen molar-refractivity contribution >= 4 is 41.2 Å². The Balaban J connectivity index is 1.38. The molecule has 0 saturated carbocycles. The van der Waals surface area contributed by atoms with Gasteiger partial charge in [-0.15, -0.1) is 0 Å². The van der Waals surface area contributed by atoms with Gasteiger partial charge < -0.3 is 24.8 Å². The molecule has 2 aliphatic rings. The summed E-state index contributed by atoms with van der Waals surface area (Å²) in [6.07, 6.45) is 3.31. The molecule has 0 spiro atoms. The van der Waals surface area contributed by atoms with Crippen molar-refractivity contribution < 1.29 is 14.1 Å². The van der Waals surface area contributed by atoms with Gasteiger partial charge in [0.05, 0.1) is 19.3 Å². The number of nitrogens with zero attached hydrogens (tertiary/aromatic N) is 5. The average Bonchev–Trinajstić information content (AvgIpc) is 2.82. The zero-order valence-electron chi connectivity index (χ0n) is 22.9. The maximum Gasteiger partial charge on any atom is 0.227 e. The number of nitrogens with one attached hydrogen (secondary N) is 1. The summed E-state index contributed by atoms with van der Waals surface area (Å²) in [7, 11) is -2.03. The van der Waals surface area contributed by atoms with Crippen LogP contribution in [0.2, 0.25) is 0 Å². The standard InChI is InChI=1S/C28H38FN6O2P/c1-18(2)20-6-7-23(35-14-19(15-35)17-38(4,5)37)22-13-31-26(12-21(20)22)32-25-8-10-30-27(33-25)34-11-9-28(3,36)24(29)16-34/h6-8,10,12-13,18-19,24,36H,9,11,14-17H2,1-5H3,(H,30,31,32,33)/t24-,28+/m0/s1. The minimum absolute atomic E-state index is 0.0522. The van der Waals surface area contributed by atoms with E-state index in [1.54, 1.807) is 17.2 Å². The number of hydrogen-bond donors (Lipinski definition) is 2. The first-order valence-corrected chi connectivity index (χ1v) is 16.1. The Bertz CT molecular complexity index is 1370. The molecule has 8 nitrogen and oxygen atoms in total. The second-order valence-corrected chi connectivity index (χ2v) is 15.4. The molecule has 0 radical (unpaired) electrons. The van der Waals surface area contributed by atoms with Crippen molar-refractivity contribution in [3.63, 3.8) is 0 Å². The van der Waals surface area contributed by atoms with Gasteiger partial charge in [0.25, 0.3) is 0 Å². The predicted molar refractivity (Wildman–Crippen MR) is 154 cm³/mol. The molecule has 38 heavy (non-hydrogen) atoms. The van der Waals surface area contributed by atoms with Gasteiger partial charge in [-0.05, 0) is 61.7 Å². The molecule has 2 atom stereocenters. The lowest BCUT2D eigenvalue weighted by atomic mass is 9.92. The van der Waals surface area contributed by atoms with Gasteiger partial charge in [0.2, 0.25) is 5.95 Å². The largest absolute Gasteiger partial charge is 0.387 e. The topological polar surface area (TPSA) is 94.5 Å². The van der Waals surface area contributed by atoms with Crippen molar-refractivity contribution in [2.24, 2.45) is 5.92 Å². The average molecular weight is 541 g/mol. The van der Waals surface area contributed by atoms with Gasteiger partial charge in [0.1, 0.15) is 17.8 Å². The van der Waals surface area contributed by atoms with Gasteiger partial charge >= 0.3 is 0 Å². The van der Waals surface area contributed by atoms with E-state index < -0.39 is 18.9 Å². The van der Waals surface area contributed by atoms with Crippen LogP contribution in [0.1, 0.15) is 38.7 Å². The van der Waals surface area contributed by atoms with Crippen LogP contribution in [0.25, 0.3) is 10.8 Å². The third-order valence-corrected chi connectivity index (χ3v) is 9.05. The van der Waals surface area contributed by atoms with Crippen molar-refractivity contribution in [1.29, 1.82) is 0 Å². The van der Waals surface area contributed by atoms with Crippen LogP contribution in [0.3, 0.4) is 0 Å². The van der Waals surface area contributed by atoms with Gasteiger partial charge in [-0.3, -0.25) is 0 Å². The number of rotatable bonds is 7. The Morgan fingerprint density at radius 2 is 1.89 bits per heavy atom. The molecule has 1 aromatic carbocycles. The highest BCUT2D eigenvalue weighted by molar-refractivity contribution is 7.62. The molecular weight excluding hydrogens is 502 g/mol. The lowest BCUT2D eigenvalue weighted by Gasteiger charge is -2.42. The summed E-state index contributed by atoms with van der Waals surface area (Å²) in [6, 6.07) is 8.22. The quantitative estimate of drug-likeness (QED) is 0.393. The van der Waals surface area contributed by atoms with Crippen LogP contribution in [-0.4, -0.2) is 77.5 Å². The highest BCUT2D eigenvalue weighted by atomic mass is 31.2. The minimum atomic E-state index is -2.03. The molecule has 0 bridgehead atoms. The van der Waals surface area contributed by atoms with E-state index in [-0.39, 0.29) is 6.54 Å². The van der Waals surface area contributed by atoms with Gasteiger partial charge in [0.15, 0.2) is 0 Å². The van der Waals surface area contributed by atoms with Gasteiger partial charge in [-0.25, -0.2) is 14.4 Å². The van der Waals surface area contributed by atoms with Crippen LogP contribution in [0.15, 0.2) is 36.7 Å². The fourth-order valence-corrected chi connectivity index (χ4v) is 6.96. The van der Waals surface area contributed by atoms with E-state index in [9.17, 15) is 14.1 Å². The van der Waals surface area contributed by atoms with Gasteiger partial charge in [-0.2, -0.15) is 4.98 Å². The fraction of sp³-hybridized carbons (Fsp3) is 0.536. The third-order valence-electron chi connectivity index (χ3n) is 7.65. The number of piperidine rings is 1. The molecule has 5 rings (SSSR count). The summed E-state index contributed by atoms with van der Waals surface area (Å²) in [5.74, 6) is 2.48. The number of aliphatic hydroxyl groups is 1. The summed E-state index contributed by atoms with van der Waals surface area (Å²) in [5, 5.41) is 15.7.